The molecule has 2 aromatic rings. The molecule has 0 atom stereocenters. The quantitative estimate of drug-likeness (QED) is 0.758. The Bertz CT molecular complexity index is 464. The molecule has 0 unspecified atom stereocenters. The topological polar surface area (TPSA) is 9.23 Å². The summed E-state index contributed by atoms with van der Waals surface area (Å²) in [4.78, 5) is 1.30. The van der Waals surface area contributed by atoms with Gasteiger partial charge in [0.2, 0.25) is 0 Å². The van der Waals surface area contributed by atoms with Gasteiger partial charge in [-0.3, -0.25) is 0 Å². The van der Waals surface area contributed by atoms with E-state index in [0.717, 1.165) is 9.54 Å². The van der Waals surface area contributed by atoms with Crippen molar-refractivity contribution in [3.8, 4) is 5.75 Å². The van der Waals surface area contributed by atoms with Gasteiger partial charge in [-0.15, -0.1) is 23.1 Å². The molecule has 1 aromatic carbocycles. The van der Waals surface area contributed by atoms with E-state index in [1.165, 1.54) is 15.0 Å². The lowest BCUT2D eigenvalue weighted by Gasteiger charge is -1.99. The molecule has 0 amide bonds. The molecule has 74 valence electrons. The normalized spacial score (nSPS) is 10.8. The SMILES string of the molecule is COc1c(Br)sc2c(SC)cccc12. The predicted octanol–water partition coefficient (Wildman–Crippen LogP) is 4.39. The van der Waals surface area contributed by atoms with Crippen molar-refractivity contribution in [3.05, 3.63) is 22.0 Å². The van der Waals surface area contributed by atoms with Crippen molar-refractivity contribution in [1.29, 1.82) is 0 Å². The summed E-state index contributed by atoms with van der Waals surface area (Å²) in [7, 11) is 1.71. The first-order valence-corrected chi connectivity index (χ1v) is 6.90. The molecular weight excluding hydrogens is 280 g/mol. The van der Waals surface area contributed by atoms with E-state index in [1.807, 2.05) is 0 Å². The molecule has 1 nitrogen and oxygen atoms in total. The van der Waals surface area contributed by atoms with Gasteiger partial charge in [0, 0.05) is 10.3 Å². The van der Waals surface area contributed by atoms with Gasteiger partial charge < -0.3 is 4.74 Å². The summed E-state index contributed by atoms with van der Waals surface area (Å²) >= 11 is 7.01. The molecule has 1 aromatic heterocycles. The second-order valence-corrected chi connectivity index (χ2v) is 5.93. The van der Waals surface area contributed by atoms with E-state index < -0.39 is 0 Å². The van der Waals surface area contributed by atoms with Crippen LogP contribution in [0.5, 0.6) is 5.75 Å². The van der Waals surface area contributed by atoms with Gasteiger partial charge in [0.1, 0.15) is 3.79 Å². The lowest BCUT2D eigenvalue weighted by molar-refractivity contribution is 0.419. The van der Waals surface area contributed by atoms with Crippen LogP contribution in [0.4, 0.5) is 0 Å². The molecule has 0 saturated heterocycles. The van der Waals surface area contributed by atoms with Crippen LogP contribution >= 0.6 is 39.0 Å². The average molecular weight is 289 g/mol. The highest BCUT2D eigenvalue weighted by Crippen LogP contribution is 2.44. The van der Waals surface area contributed by atoms with Gasteiger partial charge >= 0.3 is 0 Å². The lowest BCUT2D eigenvalue weighted by atomic mass is 10.2. The number of benzene rings is 1. The van der Waals surface area contributed by atoms with Crippen molar-refractivity contribution >= 4 is 49.1 Å². The van der Waals surface area contributed by atoms with Crippen LogP contribution in [-0.4, -0.2) is 13.4 Å². The summed E-state index contributed by atoms with van der Waals surface area (Å²) < 4.78 is 7.71. The van der Waals surface area contributed by atoms with Crippen LogP contribution in [0.15, 0.2) is 26.9 Å². The number of fused-ring (bicyclic) bond motifs is 1. The summed E-state index contributed by atoms with van der Waals surface area (Å²) in [6, 6.07) is 6.29. The molecule has 1 heterocycles. The minimum Gasteiger partial charge on any atom is -0.494 e. The number of thioether (sulfide) groups is 1. The molecule has 0 saturated carbocycles. The zero-order chi connectivity index (χ0) is 10.1. The highest BCUT2D eigenvalue weighted by atomic mass is 79.9. The van der Waals surface area contributed by atoms with E-state index in [-0.39, 0.29) is 0 Å². The van der Waals surface area contributed by atoms with E-state index >= 15 is 0 Å². The van der Waals surface area contributed by atoms with E-state index in [0.29, 0.717) is 0 Å². The smallest absolute Gasteiger partial charge is 0.151 e. The maximum atomic E-state index is 5.35. The molecule has 0 N–H and O–H groups in total. The van der Waals surface area contributed by atoms with Crippen LogP contribution in [0.2, 0.25) is 0 Å². The molecule has 0 bridgehead atoms. The van der Waals surface area contributed by atoms with E-state index in [4.69, 9.17) is 4.74 Å². The molecule has 0 spiro atoms. The van der Waals surface area contributed by atoms with E-state index in [2.05, 4.69) is 40.4 Å². The summed E-state index contributed by atoms with van der Waals surface area (Å²) in [5.74, 6) is 0.945. The first kappa shape index (κ1) is 10.3. The van der Waals surface area contributed by atoms with Crippen LogP contribution in [0.3, 0.4) is 0 Å². The maximum Gasteiger partial charge on any atom is 0.151 e. The molecule has 0 fully saturated rings. The zero-order valence-electron chi connectivity index (χ0n) is 7.83. The molecule has 4 heteroatoms. The van der Waals surface area contributed by atoms with Crippen LogP contribution in [0.25, 0.3) is 10.1 Å². The van der Waals surface area contributed by atoms with Crippen molar-refractivity contribution in [1.82, 2.24) is 0 Å². The fourth-order valence-electron chi connectivity index (χ4n) is 1.39. The van der Waals surface area contributed by atoms with Gasteiger partial charge in [-0.1, -0.05) is 6.07 Å². The predicted molar refractivity (Wildman–Crippen MR) is 67.9 cm³/mol. The third-order valence-corrected chi connectivity index (χ3v) is 4.78. The third kappa shape index (κ3) is 1.55. The van der Waals surface area contributed by atoms with Crippen molar-refractivity contribution in [2.75, 3.05) is 13.4 Å². The van der Waals surface area contributed by atoms with Crippen LogP contribution < -0.4 is 4.74 Å². The monoisotopic (exact) mass is 288 g/mol. The Morgan fingerprint density at radius 3 is 2.86 bits per heavy atom. The maximum absolute atomic E-state index is 5.35. The Hall–Kier alpha value is -0.190. The Labute approximate surface area is 99.6 Å². The van der Waals surface area contributed by atoms with Gasteiger partial charge in [0.15, 0.2) is 5.75 Å². The number of hydrogen-bond donors (Lipinski definition) is 0. The molecular formula is C10H9BrOS2. The van der Waals surface area contributed by atoms with Crippen LogP contribution in [-0.2, 0) is 0 Å². The molecule has 14 heavy (non-hydrogen) atoms. The Morgan fingerprint density at radius 1 is 1.43 bits per heavy atom. The fourth-order valence-corrected chi connectivity index (χ4v) is 4.04. The standard InChI is InChI=1S/C10H9BrOS2/c1-12-8-6-4-3-5-7(13-2)9(6)14-10(8)11/h3-5H,1-2H3. The summed E-state index contributed by atoms with van der Waals surface area (Å²) in [6.07, 6.45) is 2.09. The van der Waals surface area contributed by atoms with Gasteiger partial charge in [0.25, 0.3) is 0 Å². The molecule has 2 rings (SSSR count). The van der Waals surface area contributed by atoms with Gasteiger partial charge in [-0.25, -0.2) is 0 Å². The Balaban J connectivity index is 2.79. The van der Waals surface area contributed by atoms with Crippen molar-refractivity contribution in [2.45, 2.75) is 4.90 Å². The van der Waals surface area contributed by atoms with E-state index in [1.54, 1.807) is 30.2 Å². The molecule has 0 aliphatic rings. The number of thiophene rings is 1. The Morgan fingerprint density at radius 2 is 2.21 bits per heavy atom. The number of halogens is 1. The average Bonchev–Trinajstić information content (AvgIpc) is 2.52. The van der Waals surface area contributed by atoms with Crippen LogP contribution in [0, 0.1) is 0 Å². The second kappa shape index (κ2) is 4.13. The van der Waals surface area contributed by atoms with Crippen molar-refractivity contribution < 1.29 is 4.74 Å². The first-order valence-electron chi connectivity index (χ1n) is 4.07. The fraction of sp³-hybridized carbons (Fsp3) is 0.200. The van der Waals surface area contributed by atoms with Crippen LogP contribution in [0.1, 0.15) is 0 Å². The number of ether oxygens (including phenoxy) is 1. The van der Waals surface area contributed by atoms with Gasteiger partial charge in [-0.2, -0.15) is 0 Å². The van der Waals surface area contributed by atoms with Gasteiger partial charge in [0.05, 0.1) is 11.8 Å². The molecule has 0 aliphatic carbocycles. The minimum absolute atomic E-state index is 0.945. The molecule has 0 radical (unpaired) electrons. The Kier molecular flexibility index (Phi) is 3.04. The van der Waals surface area contributed by atoms with Crippen molar-refractivity contribution in [2.24, 2.45) is 0 Å². The second-order valence-electron chi connectivity index (χ2n) is 2.75. The highest BCUT2D eigenvalue weighted by molar-refractivity contribution is 9.11. The zero-order valence-corrected chi connectivity index (χ0v) is 11.1. The first-order chi connectivity index (χ1) is 6.77. The third-order valence-electron chi connectivity index (χ3n) is 2.02. The highest BCUT2D eigenvalue weighted by Gasteiger charge is 2.12. The number of hydrogen-bond acceptors (Lipinski definition) is 3. The summed E-state index contributed by atoms with van der Waals surface area (Å²) in [5, 5.41) is 1.19. The lowest BCUT2D eigenvalue weighted by Crippen LogP contribution is -1.80. The van der Waals surface area contributed by atoms with E-state index in [9.17, 15) is 0 Å². The molecule has 0 aliphatic heterocycles. The summed E-state index contributed by atoms with van der Waals surface area (Å²) in [5.41, 5.74) is 0. The van der Waals surface area contributed by atoms with Crippen molar-refractivity contribution in [3.63, 3.8) is 0 Å². The number of methoxy groups -OCH3 is 1. The van der Waals surface area contributed by atoms with Gasteiger partial charge in [-0.05, 0) is 34.3 Å². The number of rotatable bonds is 2. The minimum atomic E-state index is 0.945. The largest absolute Gasteiger partial charge is 0.494 e. The summed E-state index contributed by atoms with van der Waals surface area (Å²) in [6.45, 7) is 0.